The number of nitrogens with one attached hydrogen (secondary N) is 2. The van der Waals surface area contributed by atoms with E-state index < -0.39 is 8.32 Å². The Balaban J connectivity index is 1.34. The van der Waals surface area contributed by atoms with Gasteiger partial charge in [0.25, 0.3) is 0 Å². The van der Waals surface area contributed by atoms with E-state index in [2.05, 4.69) is 78.5 Å². The maximum absolute atomic E-state index is 10.1. The van der Waals surface area contributed by atoms with Gasteiger partial charge in [-0.2, -0.15) is 10.4 Å². The second kappa shape index (κ2) is 13.4. The molecule has 10 nitrogen and oxygen atoms in total. The van der Waals surface area contributed by atoms with Gasteiger partial charge in [0.2, 0.25) is 5.95 Å². The van der Waals surface area contributed by atoms with Gasteiger partial charge in [-0.15, -0.1) is 0 Å². The van der Waals surface area contributed by atoms with Crippen LogP contribution in [0.1, 0.15) is 51.7 Å². The molecule has 2 aromatic heterocycles. The van der Waals surface area contributed by atoms with Crippen molar-refractivity contribution in [2.45, 2.75) is 70.6 Å². The summed E-state index contributed by atoms with van der Waals surface area (Å²) in [4.78, 5) is 11.8. The summed E-state index contributed by atoms with van der Waals surface area (Å²) in [5.41, 5.74) is 3.89. The number of ether oxygens (including phenoxy) is 1. The highest BCUT2D eigenvalue weighted by atomic mass is 35.5. The van der Waals surface area contributed by atoms with Crippen LogP contribution in [0.15, 0.2) is 30.5 Å². The van der Waals surface area contributed by atoms with Gasteiger partial charge in [0.1, 0.15) is 11.9 Å². The second-order valence-electron chi connectivity index (χ2n) is 14.2. The summed E-state index contributed by atoms with van der Waals surface area (Å²) in [5, 5.41) is 22.0. The smallest absolute Gasteiger partial charge is 0.228 e. The van der Waals surface area contributed by atoms with Crippen molar-refractivity contribution in [1.29, 1.82) is 5.26 Å². The molecule has 0 unspecified atom stereocenters. The molecule has 0 saturated carbocycles. The Kier molecular flexibility index (Phi) is 9.92. The van der Waals surface area contributed by atoms with E-state index in [1.54, 1.807) is 13.3 Å². The Morgan fingerprint density at radius 3 is 2.67 bits per heavy atom. The van der Waals surface area contributed by atoms with Crippen LogP contribution < -0.4 is 10.6 Å². The third-order valence-corrected chi connectivity index (χ3v) is 14.5. The zero-order valence-corrected chi connectivity index (χ0v) is 29.5. The van der Waals surface area contributed by atoms with Crippen LogP contribution in [0.4, 0.5) is 17.5 Å². The van der Waals surface area contributed by atoms with E-state index >= 15 is 0 Å². The molecule has 1 fully saturated rings. The van der Waals surface area contributed by atoms with Gasteiger partial charge in [-0.1, -0.05) is 39.3 Å². The molecule has 1 saturated heterocycles. The van der Waals surface area contributed by atoms with Crippen molar-refractivity contribution in [2.24, 2.45) is 5.92 Å². The zero-order chi connectivity index (χ0) is 32.4. The molecule has 0 bridgehead atoms. The first-order valence-corrected chi connectivity index (χ1v) is 19.1. The van der Waals surface area contributed by atoms with Crippen molar-refractivity contribution in [2.75, 3.05) is 57.1 Å². The first kappa shape index (κ1) is 33.4. The number of hydrogen-bond donors (Lipinski definition) is 2. The van der Waals surface area contributed by atoms with Crippen LogP contribution in [0.3, 0.4) is 0 Å². The number of rotatable bonds is 11. The summed E-state index contributed by atoms with van der Waals surface area (Å²) in [6, 6.07) is 10.1. The van der Waals surface area contributed by atoms with Crippen LogP contribution in [0.5, 0.6) is 0 Å². The molecule has 12 heteroatoms. The van der Waals surface area contributed by atoms with Gasteiger partial charge in [-0.05, 0) is 73.7 Å². The molecule has 2 aliphatic heterocycles. The summed E-state index contributed by atoms with van der Waals surface area (Å²) < 4.78 is 13.8. The largest absolute Gasteiger partial charge is 0.416 e. The number of anilines is 3. The maximum atomic E-state index is 10.1. The molecule has 45 heavy (non-hydrogen) atoms. The summed E-state index contributed by atoms with van der Waals surface area (Å²) in [6.45, 7) is 19.4. The van der Waals surface area contributed by atoms with Crippen LogP contribution in [-0.2, 0) is 21.1 Å². The minimum Gasteiger partial charge on any atom is -0.416 e. The van der Waals surface area contributed by atoms with E-state index in [4.69, 9.17) is 25.7 Å². The van der Waals surface area contributed by atoms with E-state index in [1.807, 2.05) is 22.9 Å². The van der Waals surface area contributed by atoms with Gasteiger partial charge < -0.3 is 24.7 Å². The normalized spacial score (nSPS) is 19.3. The Hall–Kier alpha value is -3.01. The molecular weight excluding hydrogens is 604 g/mol. The van der Waals surface area contributed by atoms with Gasteiger partial charge >= 0.3 is 0 Å². The number of benzene rings is 1. The van der Waals surface area contributed by atoms with Crippen molar-refractivity contribution in [3.63, 3.8) is 0 Å². The predicted molar refractivity (Wildman–Crippen MR) is 183 cm³/mol. The SMILES string of the molecule is COCCN1CCC(Cn2nc(Cl)cc2Nc2nccc(-c3cc(C#N)c4c(c3)[C@@](C)(CO[Si](C)(C)C(C)(C)C)CN4)n2)CC1. The minimum atomic E-state index is -1.96. The topological polar surface area (TPSA) is 113 Å². The fourth-order valence-corrected chi connectivity index (χ4v) is 7.09. The number of likely N-dealkylation sites (tertiary alicyclic amines) is 1. The number of nitrogens with zero attached hydrogens (tertiary/aromatic N) is 6. The molecule has 4 heterocycles. The van der Waals surface area contributed by atoms with E-state index in [0.29, 0.717) is 35.7 Å². The van der Waals surface area contributed by atoms with Gasteiger partial charge in [0.15, 0.2) is 13.5 Å². The lowest BCUT2D eigenvalue weighted by atomic mass is 9.83. The van der Waals surface area contributed by atoms with Crippen molar-refractivity contribution in [3.05, 3.63) is 46.7 Å². The summed E-state index contributed by atoms with van der Waals surface area (Å²) >= 11 is 6.37. The monoisotopic (exact) mass is 650 g/mol. The number of fused-ring (bicyclic) bond motifs is 1. The molecule has 2 N–H and O–H groups in total. The van der Waals surface area contributed by atoms with E-state index in [9.17, 15) is 5.26 Å². The number of aromatic nitrogens is 4. The van der Waals surface area contributed by atoms with Crippen LogP contribution in [0.25, 0.3) is 11.3 Å². The number of nitriles is 1. The quantitative estimate of drug-likeness (QED) is 0.220. The van der Waals surface area contributed by atoms with Crippen molar-refractivity contribution in [1.82, 2.24) is 24.6 Å². The molecule has 0 radical (unpaired) electrons. The highest BCUT2D eigenvalue weighted by Crippen LogP contribution is 2.44. The van der Waals surface area contributed by atoms with E-state index in [-0.39, 0.29) is 10.5 Å². The molecule has 1 atom stereocenters. The average Bonchev–Trinajstić information content (AvgIpc) is 3.53. The highest BCUT2D eigenvalue weighted by Gasteiger charge is 2.42. The van der Waals surface area contributed by atoms with Crippen molar-refractivity contribution >= 4 is 37.4 Å². The van der Waals surface area contributed by atoms with Crippen molar-refractivity contribution < 1.29 is 9.16 Å². The summed E-state index contributed by atoms with van der Waals surface area (Å²) in [6.07, 6.45) is 3.93. The lowest BCUT2D eigenvalue weighted by molar-refractivity contribution is 0.116. The lowest BCUT2D eigenvalue weighted by Crippen LogP contribution is -2.45. The van der Waals surface area contributed by atoms with E-state index in [0.717, 1.165) is 74.0 Å². The molecule has 0 aliphatic carbocycles. The number of hydrogen-bond acceptors (Lipinski definition) is 9. The molecule has 242 valence electrons. The Morgan fingerprint density at radius 1 is 1.22 bits per heavy atom. The van der Waals surface area contributed by atoms with Gasteiger partial charge in [0.05, 0.1) is 23.6 Å². The van der Waals surface area contributed by atoms with Gasteiger partial charge in [-0.25, -0.2) is 14.6 Å². The Morgan fingerprint density at radius 2 is 1.98 bits per heavy atom. The van der Waals surface area contributed by atoms with Crippen LogP contribution >= 0.6 is 11.6 Å². The fraction of sp³-hybridized carbons (Fsp3) is 0.576. The number of piperidine rings is 1. The molecule has 0 spiro atoms. The molecule has 2 aliphatic rings. The van der Waals surface area contributed by atoms with Crippen LogP contribution in [-0.4, -0.2) is 79.5 Å². The third kappa shape index (κ3) is 7.53. The summed E-state index contributed by atoms with van der Waals surface area (Å²) in [5.74, 6) is 1.71. The Bertz CT molecular complexity index is 1540. The van der Waals surface area contributed by atoms with Crippen LogP contribution in [0.2, 0.25) is 23.3 Å². The van der Waals surface area contributed by atoms with Gasteiger partial charge in [0, 0.05) is 56.6 Å². The minimum absolute atomic E-state index is 0.115. The first-order chi connectivity index (χ1) is 21.3. The zero-order valence-electron chi connectivity index (χ0n) is 27.7. The van der Waals surface area contributed by atoms with Crippen LogP contribution in [0, 0.1) is 17.2 Å². The van der Waals surface area contributed by atoms with Gasteiger partial charge in [-0.3, -0.25) is 0 Å². The lowest BCUT2D eigenvalue weighted by Gasteiger charge is -2.39. The Labute approximate surface area is 273 Å². The molecular formula is C33H47ClN8O2Si. The highest BCUT2D eigenvalue weighted by molar-refractivity contribution is 6.74. The number of methoxy groups -OCH3 is 1. The molecule has 1 aromatic carbocycles. The van der Waals surface area contributed by atoms with E-state index in [1.165, 1.54) is 0 Å². The molecule has 0 amide bonds. The average molecular weight is 651 g/mol. The fourth-order valence-electron chi connectivity index (χ4n) is 5.79. The summed E-state index contributed by atoms with van der Waals surface area (Å²) in [7, 11) is -0.208. The maximum Gasteiger partial charge on any atom is 0.228 e. The van der Waals surface area contributed by atoms with Crippen molar-refractivity contribution in [3.8, 4) is 17.3 Å². The predicted octanol–water partition coefficient (Wildman–Crippen LogP) is 6.67. The molecule has 3 aromatic rings. The standard InChI is InChI=1S/C33H47ClN8O2Si/c1-32(2,3)45(6,7)44-22-33(4)21-37-30-25(19-35)16-24(17-26(30)33)27-8-11-36-31(38-27)39-29-18-28(34)40-42(29)20-23-9-12-41(13-10-23)14-15-43-5/h8,11,16-18,23,37H,9-10,12-15,20-22H2,1-7H3,(H,36,38,39)/t33-/m1/s1. The second-order valence-corrected chi connectivity index (χ2v) is 19.4. The number of halogens is 1. The third-order valence-electron chi connectivity index (χ3n) is 9.81. The molecule has 5 rings (SSSR count). The first-order valence-electron chi connectivity index (χ1n) is 15.8.